The van der Waals surface area contributed by atoms with E-state index in [0.29, 0.717) is 24.2 Å². The molecule has 0 aromatic heterocycles. The van der Waals surface area contributed by atoms with Crippen molar-refractivity contribution in [2.24, 2.45) is 11.8 Å². The van der Waals surface area contributed by atoms with Gasteiger partial charge in [0.05, 0.1) is 12.6 Å². The number of likely N-dealkylation sites (tertiary alicyclic amines) is 1. The summed E-state index contributed by atoms with van der Waals surface area (Å²) in [5, 5.41) is 3.14. The number of nitrogens with zero attached hydrogens (tertiary/aromatic N) is 2. The molecule has 1 heterocycles. The van der Waals surface area contributed by atoms with Crippen molar-refractivity contribution in [3.63, 3.8) is 0 Å². The van der Waals surface area contributed by atoms with Gasteiger partial charge >= 0.3 is 0 Å². The highest BCUT2D eigenvalue weighted by Gasteiger charge is 2.41. The average molecular weight is 508 g/mol. The number of ketones is 1. The number of benzene rings is 1. The van der Waals surface area contributed by atoms with Crippen LogP contribution in [0.25, 0.3) is 0 Å². The summed E-state index contributed by atoms with van der Waals surface area (Å²) in [5.74, 6) is 0.635. The third-order valence-corrected chi connectivity index (χ3v) is 9.03. The molecule has 202 valence electrons. The summed E-state index contributed by atoms with van der Waals surface area (Å²) in [6.07, 6.45) is 12.5. The Morgan fingerprint density at radius 3 is 2.30 bits per heavy atom. The van der Waals surface area contributed by atoms with Crippen molar-refractivity contribution < 1.29 is 14.4 Å². The van der Waals surface area contributed by atoms with Crippen LogP contribution in [0.2, 0.25) is 0 Å². The molecule has 37 heavy (non-hydrogen) atoms. The van der Waals surface area contributed by atoms with E-state index < -0.39 is 6.04 Å². The maximum absolute atomic E-state index is 13.4. The SMILES string of the molecule is CC(C)C(=O)C(NC(=O)c1cccc(C2CCCN(C(=O)CN(C3CC3)C3CC3)C2)c1)C1CCCCC1. The van der Waals surface area contributed by atoms with E-state index >= 15 is 0 Å². The van der Waals surface area contributed by atoms with Crippen LogP contribution >= 0.6 is 0 Å². The molecule has 3 saturated carbocycles. The van der Waals surface area contributed by atoms with Crippen LogP contribution in [0.5, 0.6) is 0 Å². The van der Waals surface area contributed by atoms with Crippen molar-refractivity contribution >= 4 is 17.6 Å². The molecular formula is C31H45N3O3. The van der Waals surface area contributed by atoms with Crippen molar-refractivity contribution in [3.05, 3.63) is 35.4 Å². The van der Waals surface area contributed by atoms with Gasteiger partial charge in [0.15, 0.2) is 5.78 Å². The molecule has 5 rings (SSSR count). The van der Waals surface area contributed by atoms with Crippen molar-refractivity contribution in [2.45, 2.75) is 109 Å². The highest BCUT2D eigenvalue weighted by Crippen LogP contribution is 2.37. The molecule has 1 N–H and O–H groups in total. The van der Waals surface area contributed by atoms with Crippen molar-refractivity contribution in [3.8, 4) is 0 Å². The lowest BCUT2D eigenvalue weighted by molar-refractivity contribution is -0.134. The summed E-state index contributed by atoms with van der Waals surface area (Å²) < 4.78 is 0. The number of Topliss-reactive ketones (excluding diaryl/α,β-unsaturated/α-hetero) is 1. The predicted molar refractivity (Wildman–Crippen MR) is 145 cm³/mol. The predicted octanol–water partition coefficient (Wildman–Crippen LogP) is 4.92. The fraction of sp³-hybridized carbons (Fsp3) is 0.710. The Morgan fingerprint density at radius 1 is 0.946 bits per heavy atom. The zero-order chi connectivity index (χ0) is 25.9. The number of piperidine rings is 1. The summed E-state index contributed by atoms with van der Waals surface area (Å²) in [6, 6.07) is 8.75. The van der Waals surface area contributed by atoms with Crippen molar-refractivity contribution in [1.29, 1.82) is 0 Å². The van der Waals surface area contributed by atoms with Gasteiger partial charge in [-0.25, -0.2) is 0 Å². The molecule has 1 aromatic carbocycles. The molecule has 6 nitrogen and oxygen atoms in total. The van der Waals surface area contributed by atoms with Gasteiger partial charge in [-0.1, -0.05) is 45.2 Å². The lowest BCUT2D eigenvalue weighted by atomic mass is 9.80. The van der Waals surface area contributed by atoms with Crippen LogP contribution in [0.4, 0.5) is 0 Å². The quantitative estimate of drug-likeness (QED) is 0.488. The van der Waals surface area contributed by atoms with Crippen LogP contribution in [-0.4, -0.2) is 65.2 Å². The highest BCUT2D eigenvalue weighted by atomic mass is 16.2. The second-order valence-corrected chi connectivity index (χ2v) is 12.3. The molecule has 1 saturated heterocycles. The van der Waals surface area contributed by atoms with Crippen LogP contribution in [0, 0.1) is 11.8 Å². The largest absolute Gasteiger partial charge is 0.342 e. The molecule has 0 spiro atoms. The molecule has 0 bridgehead atoms. The Kier molecular flexibility index (Phi) is 8.33. The Morgan fingerprint density at radius 2 is 1.65 bits per heavy atom. The molecular weight excluding hydrogens is 462 g/mol. The summed E-state index contributed by atoms with van der Waals surface area (Å²) in [7, 11) is 0. The van der Waals surface area contributed by atoms with E-state index in [1.807, 2.05) is 32.0 Å². The Hall–Kier alpha value is -2.21. The molecule has 4 fully saturated rings. The van der Waals surface area contributed by atoms with Gasteiger partial charge < -0.3 is 10.2 Å². The van der Waals surface area contributed by atoms with Crippen molar-refractivity contribution in [2.75, 3.05) is 19.6 Å². The maximum atomic E-state index is 13.4. The van der Waals surface area contributed by atoms with E-state index in [1.54, 1.807) is 0 Å². The fourth-order valence-electron chi connectivity index (χ4n) is 6.51. The second-order valence-electron chi connectivity index (χ2n) is 12.3. The monoisotopic (exact) mass is 507 g/mol. The molecule has 2 amide bonds. The van der Waals surface area contributed by atoms with Crippen LogP contribution in [-0.2, 0) is 9.59 Å². The smallest absolute Gasteiger partial charge is 0.251 e. The summed E-state index contributed by atoms with van der Waals surface area (Å²) in [6.45, 7) is 5.98. The van der Waals surface area contributed by atoms with E-state index in [-0.39, 0.29) is 35.4 Å². The van der Waals surface area contributed by atoms with Gasteiger partial charge in [0.2, 0.25) is 5.91 Å². The number of nitrogens with one attached hydrogen (secondary N) is 1. The van der Waals surface area contributed by atoms with Gasteiger partial charge in [0.1, 0.15) is 0 Å². The van der Waals surface area contributed by atoms with Gasteiger partial charge in [-0.15, -0.1) is 0 Å². The number of rotatable bonds is 10. The van der Waals surface area contributed by atoms with E-state index in [0.717, 1.165) is 57.2 Å². The van der Waals surface area contributed by atoms with Crippen LogP contribution in [0.15, 0.2) is 24.3 Å². The summed E-state index contributed by atoms with van der Waals surface area (Å²) in [4.78, 5) is 44.1. The Balaban J connectivity index is 1.23. The van der Waals surface area contributed by atoms with Crippen molar-refractivity contribution in [1.82, 2.24) is 15.1 Å². The summed E-state index contributed by atoms with van der Waals surface area (Å²) in [5.41, 5.74) is 1.74. The molecule has 1 aromatic rings. The second kappa shape index (κ2) is 11.7. The zero-order valence-electron chi connectivity index (χ0n) is 22.8. The minimum absolute atomic E-state index is 0.0972. The lowest BCUT2D eigenvalue weighted by Gasteiger charge is -2.35. The maximum Gasteiger partial charge on any atom is 0.251 e. The van der Waals surface area contributed by atoms with E-state index in [9.17, 15) is 14.4 Å². The van der Waals surface area contributed by atoms with E-state index in [2.05, 4.69) is 21.2 Å². The molecule has 3 aliphatic carbocycles. The first-order valence-electron chi connectivity index (χ1n) is 14.9. The van der Waals surface area contributed by atoms with Crippen LogP contribution in [0.3, 0.4) is 0 Å². The average Bonchev–Trinajstić information content (AvgIpc) is 3.85. The molecule has 6 heteroatoms. The first-order valence-corrected chi connectivity index (χ1v) is 14.9. The topological polar surface area (TPSA) is 69.7 Å². The lowest BCUT2D eigenvalue weighted by Crippen LogP contribution is -2.48. The van der Waals surface area contributed by atoms with E-state index in [4.69, 9.17) is 0 Å². The highest BCUT2D eigenvalue weighted by molar-refractivity contribution is 5.98. The minimum Gasteiger partial charge on any atom is -0.342 e. The van der Waals surface area contributed by atoms with Gasteiger partial charge in [0, 0.05) is 42.6 Å². The number of amides is 2. The first-order chi connectivity index (χ1) is 17.9. The van der Waals surface area contributed by atoms with Gasteiger partial charge in [-0.2, -0.15) is 0 Å². The number of carbonyl (C=O) groups is 3. The van der Waals surface area contributed by atoms with Gasteiger partial charge in [-0.3, -0.25) is 19.3 Å². The molecule has 1 aliphatic heterocycles. The number of carbonyl (C=O) groups excluding carboxylic acids is 3. The Bertz CT molecular complexity index is 966. The normalized spacial score (nSPS) is 23.8. The van der Waals surface area contributed by atoms with Crippen LogP contribution < -0.4 is 5.32 Å². The molecule has 0 radical (unpaired) electrons. The minimum atomic E-state index is -0.403. The molecule has 4 aliphatic rings. The van der Waals surface area contributed by atoms with Gasteiger partial charge in [0.25, 0.3) is 5.91 Å². The summed E-state index contributed by atoms with van der Waals surface area (Å²) >= 11 is 0. The zero-order valence-corrected chi connectivity index (χ0v) is 22.8. The third kappa shape index (κ3) is 6.63. The molecule has 2 unspecified atom stereocenters. The number of hydrogen-bond donors (Lipinski definition) is 1. The Labute approximate surface area is 222 Å². The first kappa shape index (κ1) is 26.4. The fourth-order valence-corrected chi connectivity index (χ4v) is 6.51. The van der Waals surface area contributed by atoms with Gasteiger partial charge in [-0.05, 0) is 75.0 Å². The standard InChI is InChI=1S/C31H45N3O3/c1-21(2)30(36)29(22-8-4-3-5-9-22)32-31(37)24-11-6-10-23(18-24)25-12-7-17-33(19-25)28(35)20-34(26-13-14-26)27-15-16-27/h6,10-11,18,21-22,25-27,29H,3-5,7-9,12-17,19-20H2,1-2H3,(H,32,37). The third-order valence-electron chi connectivity index (χ3n) is 9.03. The van der Waals surface area contributed by atoms with E-state index in [1.165, 1.54) is 32.1 Å². The number of hydrogen-bond acceptors (Lipinski definition) is 4. The molecule has 2 atom stereocenters. The van der Waals surface area contributed by atoms with Crippen LogP contribution in [0.1, 0.15) is 106 Å².